The maximum absolute atomic E-state index is 14.9. The summed E-state index contributed by atoms with van der Waals surface area (Å²) in [7, 11) is 3.13. The van der Waals surface area contributed by atoms with Gasteiger partial charge < -0.3 is 34.1 Å². The van der Waals surface area contributed by atoms with Crippen LogP contribution in [0.25, 0.3) is 33.3 Å². The van der Waals surface area contributed by atoms with E-state index in [0.717, 1.165) is 18.7 Å². The molecule has 4 aromatic rings. The summed E-state index contributed by atoms with van der Waals surface area (Å²) in [5.41, 5.74) is 6.41. The molecule has 3 fully saturated rings. The second-order valence-electron chi connectivity index (χ2n) is 22.1. The number of alkyl halides is 3. The number of piperazine rings is 1. The van der Waals surface area contributed by atoms with Gasteiger partial charge in [-0.2, -0.15) is 13.2 Å². The molecule has 4 atom stereocenters. The molecule has 4 aliphatic rings. The number of amides is 5. The Labute approximate surface area is 443 Å². The SMILES string of the molecule is C=CC(=O)N1CCN(CC)C2(CCN(C(=O)N(C)[C@H](C(=O)N[C@H]3Cc4cccc(c4)-c4ccc5c(c4)c(c(-c4cccnc4[C@H](C)OC)n5CC(F)(F)F)CC(C)(C)COC(=O)[C@@H]4CCCN(N4)C3=O)C(C)C)CC2)C1. The number of methoxy groups -OCH3 is 1. The molecule has 19 heteroatoms. The molecular formula is C57H74F3N9O7. The molecule has 2 aromatic heterocycles. The third-order valence-corrected chi connectivity index (χ3v) is 15.9. The Morgan fingerprint density at radius 1 is 1.00 bits per heavy atom. The molecule has 6 heterocycles. The molecule has 8 rings (SSSR count). The number of urea groups is 1. The zero-order valence-electron chi connectivity index (χ0n) is 45.2. The third kappa shape index (κ3) is 11.8. The summed E-state index contributed by atoms with van der Waals surface area (Å²) < 4.78 is 57.3. The lowest BCUT2D eigenvalue weighted by Crippen LogP contribution is -2.67. The number of cyclic esters (lactones) is 1. The second kappa shape index (κ2) is 22.7. The van der Waals surface area contributed by atoms with Crippen LogP contribution in [-0.4, -0.2) is 160 Å². The van der Waals surface area contributed by atoms with Crippen molar-refractivity contribution in [3.8, 4) is 22.4 Å². The van der Waals surface area contributed by atoms with Crippen LogP contribution in [-0.2, 0) is 48.0 Å². The quantitative estimate of drug-likeness (QED) is 0.120. The molecule has 6 bridgehead atoms. The molecule has 410 valence electrons. The first-order valence-corrected chi connectivity index (χ1v) is 26.6. The van der Waals surface area contributed by atoms with Gasteiger partial charge in [0.2, 0.25) is 11.8 Å². The molecule has 0 radical (unpaired) electrons. The smallest absolute Gasteiger partial charge is 0.406 e. The second-order valence-corrected chi connectivity index (χ2v) is 22.1. The van der Waals surface area contributed by atoms with Gasteiger partial charge in [0.25, 0.3) is 5.91 Å². The molecule has 1 spiro atoms. The van der Waals surface area contributed by atoms with E-state index in [0.29, 0.717) is 96.4 Å². The highest BCUT2D eigenvalue weighted by Gasteiger charge is 2.46. The minimum absolute atomic E-state index is 0.0248. The lowest BCUT2D eigenvalue weighted by atomic mass is 9.83. The molecule has 76 heavy (non-hydrogen) atoms. The Morgan fingerprint density at radius 3 is 2.42 bits per heavy atom. The van der Waals surface area contributed by atoms with Crippen LogP contribution in [0.15, 0.2) is 73.4 Å². The lowest BCUT2D eigenvalue weighted by molar-refractivity contribution is -0.155. The van der Waals surface area contributed by atoms with Gasteiger partial charge in [0.1, 0.15) is 24.7 Å². The summed E-state index contributed by atoms with van der Waals surface area (Å²) in [6.07, 6.45) is 0.134. The Hall–Kier alpha value is -6.31. The number of aromatic nitrogens is 2. The fraction of sp³-hybridized carbons (Fsp3) is 0.544. The van der Waals surface area contributed by atoms with Crippen molar-refractivity contribution in [1.82, 2.24) is 44.9 Å². The van der Waals surface area contributed by atoms with E-state index in [1.807, 2.05) is 62.9 Å². The average molecular weight is 1050 g/mol. The third-order valence-electron chi connectivity index (χ3n) is 15.9. The lowest BCUT2D eigenvalue weighted by Gasteiger charge is -2.54. The predicted molar refractivity (Wildman–Crippen MR) is 283 cm³/mol. The number of nitrogens with zero attached hydrogens (tertiary/aromatic N) is 7. The van der Waals surface area contributed by atoms with Crippen molar-refractivity contribution < 1.29 is 46.6 Å². The van der Waals surface area contributed by atoms with Crippen molar-refractivity contribution in [1.29, 1.82) is 0 Å². The van der Waals surface area contributed by atoms with E-state index in [-0.39, 0.29) is 49.4 Å². The molecule has 4 aliphatic heterocycles. The minimum Gasteiger partial charge on any atom is -0.464 e. The summed E-state index contributed by atoms with van der Waals surface area (Å²) in [6, 6.07) is 13.0. The monoisotopic (exact) mass is 1050 g/mol. The number of hydrogen-bond acceptors (Lipinski definition) is 10. The molecule has 0 unspecified atom stereocenters. The van der Waals surface area contributed by atoms with Crippen LogP contribution in [0.4, 0.5) is 18.0 Å². The number of fused-ring (bicyclic) bond motifs is 6. The van der Waals surface area contributed by atoms with Crippen molar-refractivity contribution in [2.24, 2.45) is 11.3 Å². The number of likely N-dealkylation sites (tertiary alicyclic amines) is 1. The summed E-state index contributed by atoms with van der Waals surface area (Å²) >= 11 is 0. The first-order chi connectivity index (χ1) is 36.1. The van der Waals surface area contributed by atoms with Gasteiger partial charge in [-0.15, -0.1) is 0 Å². The number of carbonyl (C=O) groups excluding carboxylic acids is 5. The number of rotatable bonds is 10. The summed E-state index contributed by atoms with van der Waals surface area (Å²) in [5.74, 6) is -2.08. The molecular weight excluding hydrogens is 980 g/mol. The minimum atomic E-state index is -4.59. The van der Waals surface area contributed by atoms with Gasteiger partial charge in [0, 0.05) is 93.5 Å². The van der Waals surface area contributed by atoms with E-state index < -0.39 is 60.1 Å². The van der Waals surface area contributed by atoms with Crippen molar-refractivity contribution in [2.45, 2.75) is 123 Å². The highest BCUT2D eigenvalue weighted by molar-refractivity contribution is 5.96. The fourth-order valence-corrected chi connectivity index (χ4v) is 11.9. The number of likely N-dealkylation sites (N-methyl/N-ethyl adjacent to an activating group) is 2. The van der Waals surface area contributed by atoms with E-state index in [1.54, 1.807) is 49.3 Å². The van der Waals surface area contributed by atoms with Gasteiger partial charge in [-0.3, -0.25) is 34.1 Å². The number of halogens is 3. The first kappa shape index (κ1) is 55.9. The Bertz CT molecular complexity index is 2820. The molecule has 0 saturated carbocycles. The summed E-state index contributed by atoms with van der Waals surface area (Å²) in [6.45, 7) is 17.5. The highest BCUT2D eigenvalue weighted by Crippen LogP contribution is 2.43. The normalized spacial score (nSPS) is 21.2. The standard InChI is InChI=1S/C57H74F3N9O7/c1-10-47(70)66-27-28-67(11-2)56(33-66)21-25-65(26-22-56)54(74)64(8)49(36(3)4)51(71)62-45-30-38-15-12-16-39(29-38)40-19-20-46-42(31-40)43(32-55(6,7)35-76-53(73)44-18-14-24-69(63-44)52(45)72)50(68(46)34-57(58,59)60)41-17-13-23-61-48(41)37(5)75-9/h10,12-13,15-17,19-20,23,29,31,36-37,44-45,49,63H,1,11,14,18,21-22,24-28,30,32-35H2,2-9H3,(H,62,71)/t37-,44-,45-,49-/m0/s1. The van der Waals surface area contributed by atoms with Crippen LogP contribution in [0.2, 0.25) is 0 Å². The number of benzene rings is 2. The Balaban J connectivity index is 1.14. The summed E-state index contributed by atoms with van der Waals surface area (Å²) in [5, 5.41) is 5.00. The maximum Gasteiger partial charge on any atom is 0.406 e. The van der Waals surface area contributed by atoms with Gasteiger partial charge in [-0.05, 0) is 104 Å². The van der Waals surface area contributed by atoms with Gasteiger partial charge in [-0.1, -0.05) is 71.5 Å². The van der Waals surface area contributed by atoms with Crippen LogP contribution < -0.4 is 10.7 Å². The van der Waals surface area contributed by atoms with Gasteiger partial charge >= 0.3 is 18.2 Å². The molecule has 2 N–H and O–H groups in total. The zero-order valence-corrected chi connectivity index (χ0v) is 45.2. The number of esters is 1. The van der Waals surface area contributed by atoms with E-state index >= 15 is 0 Å². The zero-order chi connectivity index (χ0) is 54.9. The van der Waals surface area contributed by atoms with Crippen LogP contribution in [0.3, 0.4) is 0 Å². The number of pyridine rings is 1. The molecule has 0 aliphatic carbocycles. The number of nitrogens with one attached hydrogen (secondary N) is 2. The average Bonchev–Trinajstić information content (AvgIpc) is 3.71. The Kier molecular flexibility index (Phi) is 16.7. The van der Waals surface area contributed by atoms with Crippen LogP contribution in [0.5, 0.6) is 0 Å². The van der Waals surface area contributed by atoms with E-state index in [4.69, 9.17) is 9.47 Å². The summed E-state index contributed by atoms with van der Waals surface area (Å²) in [4.78, 5) is 82.8. The van der Waals surface area contributed by atoms with Crippen molar-refractivity contribution >= 4 is 40.6 Å². The van der Waals surface area contributed by atoms with Crippen molar-refractivity contribution in [2.75, 3.05) is 66.6 Å². The molecule has 5 amide bonds. The largest absolute Gasteiger partial charge is 0.464 e. The fourth-order valence-electron chi connectivity index (χ4n) is 11.9. The highest BCUT2D eigenvalue weighted by atomic mass is 19.4. The van der Waals surface area contributed by atoms with E-state index in [9.17, 15) is 37.1 Å². The predicted octanol–water partition coefficient (Wildman–Crippen LogP) is 7.55. The van der Waals surface area contributed by atoms with Crippen LogP contribution in [0.1, 0.15) is 90.2 Å². The van der Waals surface area contributed by atoms with Crippen LogP contribution >= 0.6 is 0 Å². The first-order valence-electron chi connectivity index (χ1n) is 26.6. The van der Waals surface area contributed by atoms with E-state index in [1.165, 1.54) is 27.7 Å². The molecule has 2 aromatic carbocycles. The van der Waals surface area contributed by atoms with Crippen LogP contribution in [0, 0.1) is 11.3 Å². The number of piperidine rings is 1. The molecule has 16 nitrogen and oxygen atoms in total. The topological polar surface area (TPSA) is 162 Å². The maximum atomic E-state index is 14.9. The number of hydrogen-bond donors (Lipinski definition) is 2. The van der Waals surface area contributed by atoms with Gasteiger partial charge in [-0.25, -0.2) is 10.2 Å². The number of ether oxygens (including phenoxy) is 2. The van der Waals surface area contributed by atoms with E-state index in [2.05, 4.69) is 34.1 Å². The van der Waals surface area contributed by atoms with Gasteiger partial charge in [0.15, 0.2) is 0 Å². The van der Waals surface area contributed by atoms with Crippen molar-refractivity contribution in [3.63, 3.8) is 0 Å². The Morgan fingerprint density at radius 2 is 1.74 bits per heavy atom. The van der Waals surface area contributed by atoms with Crippen molar-refractivity contribution in [3.05, 3.63) is 90.3 Å². The number of hydrazine groups is 1. The molecule has 3 saturated heterocycles. The number of carbonyl (C=O) groups is 5. The van der Waals surface area contributed by atoms with Gasteiger partial charge in [0.05, 0.1) is 24.1 Å².